The number of hydrogen-bond acceptors (Lipinski definition) is 4. The predicted octanol–water partition coefficient (Wildman–Crippen LogP) is 3.29. The minimum atomic E-state index is -0.693. The van der Waals surface area contributed by atoms with Crippen LogP contribution >= 0.6 is 0 Å². The van der Waals surface area contributed by atoms with E-state index in [-0.39, 0.29) is 35.6 Å². The maximum atomic E-state index is 13.5. The van der Waals surface area contributed by atoms with Crippen LogP contribution in [0.5, 0.6) is 0 Å². The van der Waals surface area contributed by atoms with E-state index < -0.39 is 10.8 Å². The summed E-state index contributed by atoms with van der Waals surface area (Å²) in [4.78, 5) is 27.0. The monoisotopic (exact) mass is 376 g/mol. The number of methoxy groups -OCH3 is 2. The lowest BCUT2D eigenvalue weighted by Gasteiger charge is -2.80. The lowest BCUT2D eigenvalue weighted by Crippen LogP contribution is -2.87. The SMILES string of the molecule is COC(=O)[C@@]12[C@@H]3[C@@H]([C@H]4C=C[C@@H]3C4)[C@]1(C(=O)OC)[C@@H]1[C@H]2[C@@H]2C[C@H]1c1ccccc12. The Hall–Kier alpha value is -2.10. The van der Waals surface area contributed by atoms with E-state index in [0.717, 1.165) is 12.8 Å². The second-order valence-electron chi connectivity index (χ2n) is 9.85. The summed E-state index contributed by atoms with van der Waals surface area (Å²) in [5.74, 6) is 2.13. The third kappa shape index (κ3) is 1.18. The molecule has 0 saturated heterocycles. The normalized spacial score (nSPS) is 52.1. The highest BCUT2D eigenvalue weighted by molar-refractivity contribution is 5.96. The summed E-state index contributed by atoms with van der Waals surface area (Å²) in [5.41, 5.74) is 1.41. The van der Waals surface area contributed by atoms with Gasteiger partial charge in [0, 0.05) is 0 Å². The van der Waals surface area contributed by atoms with Gasteiger partial charge in [0.15, 0.2) is 0 Å². The van der Waals surface area contributed by atoms with Crippen molar-refractivity contribution in [3.63, 3.8) is 0 Å². The third-order valence-electron chi connectivity index (χ3n) is 9.85. The molecule has 144 valence electrons. The molecule has 4 nitrogen and oxygen atoms in total. The smallest absolute Gasteiger partial charge is 0.313 e. The fourth-order valence-corrected chi connectivity index (χ4v) is 9.73. The van der Waals surface area contributed by atoms with Gasteiger partial charge in [0.25, 0.3) is 0 Å². The number of carbonyl (C=O) groups is 2. The average Bonchev–Trinajstić information content (AvgIpc) is 3.46. The van der Waals surface area contributed by atoms with E-state index in [9.17, 15) is 9.59 Å². The van der Waals surface area contributed by atoms with E-state index >= 15 is 0 Å². The van der Waals surface area contributed by atoms with Crippen molar-refractivity contribution < 1.29 is 19.1 Å². The van der Waals surface area contributed by atoms with Crippen molar-refractivity contribution in [2.24, 2.45) is 46.3 Å². The lowest BCUT2D eigenvalue weighted by atomic mass is 9.19. The first-order valence-electron chi connectivity index (χ1n) is 10.6. The molecule has 0 unspecified atom stereocenters. The topological polar surface area (TPSA) is 52.6 Å². The molecular weight excluding hydrogens is 352 g/mol. The molecule has 10 atom stereocenters. The molecule has 4 heteroatoms. The van der Waals surface area contributed by atoms with Crippen molar-refractivity contribution in [3.8, 4) is 0 Å². The number of carbonyl (C=O) groups excluding carboxylic acids is 2. The Bertz CT molecular complexity index is 906. The van der Waals surface area contributed by atoms with E-state index in [4.69, 9.17) is 9.47 Å². The van der Waals surface area contributed by atoms with Gasteiger partial charge in [-0.25, -0.2) is 0 Å². The molecule has 6 aliphatic carbocycles. The predicted molar refractivity (Wildman–Crippen MR) is 100 cm³/mol. The minimum Gasteiger partial charge on any atom is -0.469 e. The van der Waals surface area contributed by atoms with Gasteiger partial charge in [-0.15, -0.1) is 0 Å². The maximum absolute atomic E-state index is 13.5. The fraction of sp³-hybridized carbons (Fsp3) is 0.583. The van der Waals surface area contributed by atoms with E-state index in [1.807, 2.05) is 0 Å². The number of hydrogen-bond donors (Lipinski definition) is 0. The van der Waals surface area contributed by atoms with Crippen molar-refractivity contribution in [2.75, 3.05) is 14.2 Å². The van der Waals surface area contributed by atoms with Crippen LogP contribution in [0.3, 0.4) is 0 Å². The molecule has 0 spiro atoms. The van der Waals surface area contributed by atoms with Crippen molar-refractivity contribution in [3.05, 3.63) is 47.5 Å². The third-order valence-corrected chi connectivity index (χ3v) is 9.85. The Morgan fingerprint density at radius 2 is 1.25 bits per heavy atom. The van der Waals surface area contributed by atoms with Crippen LogP contribution in [0.25, 0.3) is 0 Å². The van der Waals surface area contributed by atoms with Gasteiger partial charge >= 0.3 is 11.9 Å². The zero-order valence-corrected chi connectivity index (χ0v) is 16.1. The van der Waals surface area contributed by atoms with Crippen molar-refractivity contribution in [2.45, 2.75) is 24.7 Å². The van der Waals surface area contributed by atoms with Crippen LogP contribution in [-0.4, -0.2) is 26.2 Å². The summed E-state index contributed by atoms with van der Waals surface area (Å²) in [6, 6.07) is 8.68. The molecule has 0 aromatic heterocycles. The number of rotatable bonds is 2. The summed E-state index contributed by atoms with van der Waals surface area (Å²) in [7, 11) is 2.98. The van der Waals surface area contributed by atoms with Gasteiger partial charge in [0.1, 0.15) is 0 Å². The highest BCUT2D eigenvalue weighted by Crippen LogP contribution is 2.94. The van der Waals surface area contributed by atoms with Crippen LogP contribution in [0.2, 0.25) is 0 Å². The summed E-state index contributed by atoms with van der Waals surface area (Å²) in [6.07, 6.45) is 6.74. The highest BCUT2D eigenvalue weighted by Gasteiger charge is 2.97. The van der Waals surface area contributed by atoms with Crippen molar-refractivity contribution in [1.29, 1.82) is 0 Å². The Balaban J connectivity index is 1.49. The Labute approximate surface area is 164 Å². The molecule has 28 heavy (non-hydrogen) atoms. The van der Waals surface area contributed by atoms with Crippen LogP contribution in [0.1, 0.15) is 35.8 Å². The summed E-state index contributed by atoms with van der Waals surface area (Å²) in [5, 5.41) is 0. The summed E-state index contributed by atoms with van der Waals surface area (Å²) < 4.78 is 10.9. The second kappa shape index (κ2) is 4.55. The first kappa shape index (κ1) is 15.8. The molecule has 1 aromatic carbocycles. The Morgan fingerprint density at radius 3 is 1.68 bits per heavy atom. The van der Waals surface area contributed by atoms with Gasteiger partial charge in [-0.05, 0) is 71.3 Å². The highest BCUT2D eigenvalue weighted by atomic mass is 16.5. The van der Waals surface area contributed by atoms with Crippen LogP contribution < -0.4 is 0 Å². The largest absolute Gasteiger partial charge is 0.469 e. The summed E-state index contributed by atoms with van der Waals surface area (Å²) >= 11 is 0. The molecule has 7 rings (SSSR count). The Morgan fingerprint density at radius 1 is 0.786 bits per heavy atom. The molecular formula is C24H24O4. The maximum Gasteiger partial charge on any atom is 0.313 e. The molecule has 4 bridgehead atoms. The molecule has 0 radical (unpaired) electrons. The molecule has 6 aliphatic rings. The molecule has 1 aromatic rings. The van der Waals surface area contributed by atoms with Crippen LogP contribution in [0.15, 0.2) is 36.4 Å². The van der Waals surface area contributed by atoms with Crippen LogP contribution in [0.4, 0.5) is 0 Å². The number of allylic oxidation sites excluding steroid dienone is 2. The van der Waals surface area contributed by atoms with Crippen LogP contribution in [0, 0.1) is 46.3 Å². The Kier molecular flexibility index (Phi) is 2.57. The molecule has 0 heterocycles. The quantitative estimate of drug-likeness (QED) is 0.452. The molecule has 4 saturated carbocycles. The molecule has 4 fully saturated rings. The number of fused-ring (bicyclic) bond motifs is 18. The standard InChI is InChI=1S/C24H24O4/c1-27-21(25)23-17-11-7-8-12(9-11)18(17)24(23,22(26)28-2)20-16-10-15(19(20)23)13-5-3-4-6-14(13)16/h3-8,11-12,15-20H,9-10H2,1-2H3/t11-,12+,15-,16+,17+,18-,19-,20+,23+,24-. The molecule has 0 amide bonds. The van der Waals surface area contributed by atoms with E-state index in [0.29, 0.717) is 23.7 Å². The minimum absolute atomic E-state index is 0.161. The fourth-order valence-electron chi connectivity index (χ4n) is 9.73. The van der Waals surface area contributed by atoms with Crippen molar-refractivity contribution in [1.82, 2.24) is 0 Å². The van der Waals surface area contributed by atoms with E-state index in [1.165, 1.54) is 25.3 Å². The first-order valence-corrected chi connectivity index (χ1v) is 10.6. The van der Waals surface area contributed by atoms with Gasteiger partial charge in [-0.3, -0.25) is 9.59 Å². The first-order chi connectivity index (χ1) is 13.6. The lowest BCUT2D eigenvalue weighted by molar-refractivity contribution is -0.345. The van der Waals surface area contributed by atoms with Gasteiger partial charge in [0.2, 0.25) is 0 Å². The van der Waals surface area contributed by atoms with Gasteiger partial charge in [-0.2, -0.15) is 0 Å². The zero-order valence-electron chi connectivity index (χ0n) is 16.1. The van der Waals surface area contributed by atoms with Gasteiger partial charge in [0.05, 0.1) is 25.0 Å². The summed E-state index contributed by atoms with van der Waals surface area (Å²) in [6.45, 7) is 0. The van der Waals surface area contributed by atoms with E-state index in [1.54, 1.807) is 0 Å². The van der Waals surface area contributed by atoms with Crippen LogP contribution in [-0.2, 0) is 19.1 Å². The molecule has 0 N–H and O–H groups in total. The van der Waals surface area contributed by atoms with E-state index in [2.05, 4.69) is 36.4 Å². The van der Waals surface area contributed by atoms with Gasteiger partial charge < -0.3 is 9.47 Å². The average molecular weight is 376 g/mol. The van der Waals surface area contributed by atoms with Gasteiger partial charge in [-0.1, -0.05) is 36.4 Å². The second-order valence-corrected chi connectivity index (χ2v) is 9.85. The van der Waals surface area contributed by atoms with Crippen molar-refractivity contribution >= 4 is 11.9 Å². The zero-order chi connectivity index (χ0) is 19.0. The number of esters is 2. The molecule has 0 aliphatic heterocycles. The number of benzene rings is 1. The number of ether oxygens (including phenoxy) is 2.